The van der Waals surface area contributed by atoms with E-state index in [-0.39, 0.29) is 42.2 Å². The third-order valence-electron chi connectivity index (χ3n) is 4.86. The van der Waals surface area contributed by atoms with E-state index in [1.807, 2.05) is 4.90 Å². The van der Waals surface area contributed by atoms with E-state index in [4.69, 9.17) is 5.73 Å². The van der Waals surface area contributed by atoms with Gasteiger partial charge in [-0.15, -0.1) is 0 Å². The van der Waals surface area contributed by atoms with Crippen molar-refractivity contribution in [2.75, 3.05) is 26.2 Å². The zero-order valence-electron chi connectivity index (χ0n) is 14.0. The number of rotatable bonds is 5. The molecule has 2 amide bonds. The predicted octanol–water partition coefficient (Wildman–Crippen LogP) is -0.343. The highest BCUT2D eigenvalue weighted by Gasteiger charge is 2.35. The topological polar surface area (TPSA) is 99.5 Å². The van der Waals surface area contributed by atoms with Gasteiger partial charge in [0.2, 0.25) is 11.8 Å². The minimum atomic E-state index is -0.326. The van der Waals surface area contributed by atoms with E-state index in [2.05, 4.69) is 16.2 Å². The molecule has 2 heterocycles. The van der Waals surface area contributed by atoms with Crippen LogP contribution < -0.4 is 21.9 Å². The second-order valence-corrected chi connectivity index (χ2v) is 6.69. The van der Waals surface area contributed by atoms with E-state index < -0.39 is 0 Å². The first-order valence-electron chi connectivity index (χ1n) is 8.58. The lowest BCUT2D eigenvalue weighted by Crippen LogP contribution is -2.48. The van der Waals surface area contributed by atoms with Gasteiger partial charge in [-0.05, 0) is 30.5 Å². The number of carbonyl (C=O) groups excluding carboxylic acids is 2. The summed E-state index contributed by atoms with van der Waals surface area (Å²) in [5, 5.41) is 3.11. The van der Waals surface area contributed by atoms with Crippen molar-refractivity contribution >= 4 is 11.8 Å². The molecule has 0 bridgehead atoms. The monoisotopic (exact) mass is 349 g/mol. The maximum atomic E-state index is 13.1. The van der Waals surface area contributed by atoms with Crippen LogP contribution in [0.3, 0.4) is 0 Å². The first-order valence-corrected chi connectivity index (χ1v) is 8.58. The summed E-state index contributed by atoms with van der Waals surface area (Å²) >= 11 is 0. The fraction of sp³-hybridized carbons (Fsp3) is 0.529. The van der Waals surface area contributed by atoms with Crippen molar-refractivity contribution < 1.29 is 14.0 Å². The molecule has 2 saturated heterocycles. The van der Waals surface area contributed by atoms with Crippen LogP contribution in [0.1, 0.15) is 24.4 Å². The van der Waals surface area contributed by atoms with Crippen LogP contribution in [-0.2, 0) is 9.59 Å². The average Bonchev–Trinajstić information content (AvgIpc) is 3.06. The largest absolute Gasteiger partial charge is 0.369 e. The molecule has 0 aromatic heterocycles. The summed E-state index contributed by atoms with van der Waals surface area (Å²) in [5.74, 6) is -0.888. The van der Waals surface area contributed by atoms with Crippen LogP contribution in [0.5, 0.6) is 0 Å². The van der Waals surface area contributed by atoms with Crippen LogP contribution in [-0.4, -0.2) is 48.9 Å². The molecule has 8 heteroatoms. The molecule has 0 saturated carbocycles. The minimum Gasteiger partial charge on any atom is -0.369 e. The molecule has 2 atom stereocenters. The van der Waals surface area contributed by atoms with Gasteiger partial charge in [0.25, 0.3) is 0 Å². The minimum absolute atomic E-state index is 0.0137. The second kappa shape index (κ2) is 7.90. The van der Waals surface area contributed by atoms with Gasteiger partial charge >= 0.3 is 0 Å². The number of halogens is 1. The summed E-state index contributed by atoms with van der Waals surface area (Å²) in [4.78, 5) is 25.6. The van der Waals surface area contributed by atoms with E-state index in [9.17, 15) is 14.0 Å². The van der Waals surface area contributed by atoms with Gasteiger partial charge in [0.1, 0.15) is 5.82 Å². The molecule has 3 rings (SSSR count). The molecule has 2 unspecified atom stereocenters. The molecular weight excluding hydrogens is 325 g/mol. The lowest BCUT2D eigenvalue weighted by Gasteiger charge is -2.32. The highest BCUT2D eigenvalue weighted by molar-refractivity contribution is 5.80. The highest BCUT2D eigenvalue weighted by atomic mass is 19.1. The molecule has 1 aromatic carbocycles. The fourth-order valence-corrected chi connectivity index (χ4v) is 3.49. The normalized spacial score (nSPS) is 25.0. The summed E-state index contributed by atoms with van der Waals surface area (Å²) in [6, 6.07) is 6.12. The molecule has 0 radical (unpaired) electrons. The quantitative estimate of drug-likeness (QED) is 0.583. The van der Waals surface area contributed by atoms with Crippen molar-refractivity contribution in [3.05, 3.63) is 35.6 Å². The molecule has 25 heavy (non-hydrogen) atoms. The summed E-state index contributed by atoms with van der Waals surface area (Å²) in [7, 11) is 0. The summed E-state index contributed by atoms with van der Waals surface area (Å²) < 4.78 is 13.1. The van der Waals surface area contributed by atoms with E-state index >= 15 is 0 Å². The highest BCUT2D eigenvalue weighted by Crippen LogP contribution is 2.25. The van der Waals surface area contributed by atoms with Crippen molar-refractivity contribution in [1.29, 1.82) is 0 Å². The van der Waals surface area contributed by atoms with Crippen LogP contribution in [0.15, 0.2) is 24.3 Å². The Morgan fingerprint density at radius 2 is 1.92 bits per heavy atom. The number of likely N-dealkylation sites (tertiary alicyclic amines) is 1. The van der Waals surface area contributed by atoms with Crippen LogP contribution in [0.25, 0.3) is 0 Å². The Kier molecular flexibility index (Phi) is 5.62. The van der Waals surface area contributed by atoms with E-state index in [1.165, 1.54) is 12.1 Å². The Bertz CT molecular complexity index is 616. The number of hydrogen-bond acceptors (Lipinski definition) is 5. The van der Waals surface area contributed by atoms with Crippen molar-refractivity contribution in [1.82, 2.24) is 21.1 Å². The van der Waals surface area contributed by atoms with Gasteiger partial charge in [-0.1, -0.05) is 12.1 Å². The Hall–Kier alpha value is -2.03. The van der Waals surface area contributed by atoms with Crippen molar-refractivity contribution in [3.63, 3.8) is 0 Å². The first-order chi connectivity index (χ1) is 12.0. The van der Waals surface area contributed by atoms with Crippen molar-refractivity contribution in [3.8, 4) is 0 Å². The van der Waals surface area contributed by atoms with Crippen LogP contribution >= 0.6 is 0 Å². The lowest BCUT2D eigenvalue weighted by molar-refractivity contribution is -0.126. The maximum Gasteiger partial charge on any atom is 0.231 e. The zero-order chi connectivity index (χ0) is 17.8. The molecular formula is C17H24FN5O2. The van der Waals surface area contributed by atoms with E-state index in [0.29, 0.717) is 6.54 Å². The number of primary amides is 1. The van der Waals surface area contributed by atoms with Crippen LogP contribution in [0.4, 0.5) is 4.39 Å². The maximum absolute atomic E-state index is 13.1. The number of benzene rings is 1. The smallest absolute Gasteiger partial charge is 0.231 e. The van der Waals surface area contributed by atoms with E-state index in [0.717, 1.165) is 31.5 Å². The second-order valence-electron chi connectivity index (χ2n) is 6.69. The number of nitrogens with two attached hydrogens (primary N) is 1. The number of hydrogen-bond donors (Lipinski definition) is 4. The predicted molar refractivity (Wildman–Crippen MR) is 90.6 cm³/mol. The Morgan fingerprint density at radius 1 is 1.24 bits per heavy atom. The third kappa shape index (κ3) is 4.53. The van der Waals surface area contributed by atoms with Gasteiger partial charge in [0, 0.05) is 25.7 Å². The fourth-order valence-electron chi connectivity index (χ4n) is 3.49. The van der Waals surface area contributed by atoms with Crippen LogP contribution in [0, 0.1) is 11.7 Å². The third-order valence-corrected chi connectivity index (χ3v) is 4.86. The molecule has 1 aromatic rings. The summed E-state index contributed by atoms with van der Waals surface area (Å²) in [6.07, 6.45) is 1.60. The Morgan fingerprint density at radius 3 is 2.56 bits per heavy atom. The number of hydrazine groups is 1. The van der Waals surface area contributed by atoms with Gasteiger partial charge in [-0.2, -0.15) is 0 Å². The molecule has 2 aliphatic heterocycles. The van der Waals surface area contributed by atoms with Gasteiger partial charge in [0.05, 0.1) is 18.5 Å². The van der Waals surface area contributed by atoms with Gasteiger partial charge in [-0.3, -0.25) is 19.9 Å². The standard InChI is InChI=1S/C17H24FN5O2/c18-12-3-1-11(2-4-12)16-14(9-20-22-16)17(25)21-13-5-7-23(8-6-13)10-15(19)24/h1-4,13-14,16,20,22H,5-10H2,(H2,19,24)(H,21,25). The summed E-state index contributed by atoms with van der Waals surface area (Å²) in [6.45, 7) is 2.28. The lowest BCUT2D eigenvalue weighted by atomic mass is 9.93. The average molecular weight is 349 g/mol. The number of nitrogens with zero attached hydrogens (tertiary/aromatic N) is 1. The van der Waals surface area contributed by atoms with Gasteiger partial charge in [0.15, 0.2) is 0 Å². The number of nitrogens with one attached hydrogen (secondary N) is 3. The van der Waals surface area contributed by atoms with Gasteiger partial charge < -0.3 is 11.1 Å². The number of amides is 2. The summed E-state index contributed by atoms with van der Waals surface area (Å²) in [5.41, 5.74) is 12.2. The molecule has 5 N–H and O–H groups in total. The molecule has 2 aliphatic rings. The molecule has 0 spiro atoms. The zero-order valence-corrected chi connectivity index (χ0v) is 14.0. The number of piperidine rings is 1. The van der Waals surface area contributed by atoms with Crippen molar-refractivity contribution in [2.45, 2.75) is 24.9 Å². The molecule has 136 valence electrons. The van der Waals surface area contributed by atoms with E-state index in [1.54, 1.807) is 12.1 Å². The molecule has 2 fully saturated rings. The first kappa shape index (κ1) is 17.8. The molecule has 7 nitrogen and oxygen atoms in total. The number of carbonyl (C=O) groups is 2. The molecule has 0 aliphatic carbocycles. The van der Waals surface area contributed by atoms with Gasteiger partial charge in [-0.25, -0.2) is 9.82 Å². The van der Waals surface area contributed by atoms with Crippen LogP contribution in [0.2, 0.25) is 0 Å². The van der Waals surface area contributed by atoms with Crippen molar-refractivity contribution in [2.24, 2.45) is 11.7 Å². The SMILES string of the molecule is NC(=O)CN1CCC(NC(=O)C2CNNC2c2ccc(F)cc2)CC1. The Balaban J connectivity index is 1.54. The Labute approximate surface area is 146 Å².